The van der Waals surface area contributed by atoms with Crippen molar-refractivity contribution in [2.24, 2.45) is 0 Å². The van der Waals surface area contributed by atoms with Gasteiger partial charge in [0.1, 0.15) is 12.1 Å². The summed E-state index contributed by atoms with van der Waals surface area (Å²) >= 11 is 0. The van der Waals surface area contributed by atoms with E-state index in [1.807, 2.05) is 6.07 Å². The molecule has 21 heavy (non-hydrogen) atoms. The number of carbonyl (C=O) groups is 3. The molecule has 1 saturated heterocycles. The van der Waals surface area contributed by atoms with Crippen LogP contribution in [0.25, 0.3) is 0 Å². The van der Waals surface area contributed by atoms with E-state index in [1.54, 1.807) is 32.0 Å². The fourth-order valence-corrected chi connectivity index (χ4v) is 1.97. The Morgan fingerprint density at radius 2 is 2.14 bits per heavy atom. The molecule has 2 rings (SSSR count). The fourth-order valence-electron chi connectivity index (χ4n) is 1.97. The van der Waals surface area contributed by atoms with Gasteiger partial charge in [-0.2, -0.15) is 5.26 Å². The highest BCUT2D eigenvalue weighted by Gasteiger charge is 2.43. The normalized spacial score (nSPS) is 16.9. The molecular formula is C14H14N4O3. The number of hydrogen-bond donors (Lipinski definition) is 2. The first-order valence-electron chi connectivity index (χ1n) is 6.27. The maximum atomic E-state index is 12.3. The van der Waals surface area contributed by atoms with Crippen molar-refractivity contribution in [2.45, 2.75) is 19.4 Å². The van der Waals surface area contributed by atoms with Gasteiger partial charge >= 0.3 is 6.03 Å². The third kappa shape index (κ3) is 2.84. The minimum absolute atomic E-state index is 0.206. The number of benzene rings is 1. The van der Waals surface area contributed by atoms with Gasteiger partial charge in [-0.25, -0.2) is 4.79 Å². The van der Waals surface area contributed by atoms with Crippen molar-refractivity contribution in [3.63, 3.8) is 0 Å². The molecule has 0 saturated carbocycles. The fraction of sp³-hybridized carbons (Fsp3) is 0.286. The number of imide groups is 1. The van der Waals surface area contributed by atoms with Crippen LogP contribution in [0.3, 0.4) is 0 Å². The molecule has 0 radical (unpaired) electrons. The minimum Gasteiger partial charge on any atom is -0.308 e. The third-order valence-electron chi connectivity index (χ3n) is 3.27. The molecule has 1 fully saturated rings. The summed E-state index contributed by atoms with van der Waals surface area (Å²) in [5.74, 6) is -1.06. The number of anilines is 1. The summed E-state index contributed by atoms with van der Waals surface area (Å²) in [6.07, 6.45) is 0. The van der Waals surface area contributed by atoms with E-state index in [9.17, 15) is 14.4 Å². The van der Waals surface area contributed by atoms with Crippen LogP contribution >= 0.6 is 0 Å². The van der Waals surface area contributed by atoms with E-state index >= 15 is 0 Å². The zero-order valence-corrected chi connectivity index (χ0v) is 11.6. The lowest BCUT2D eigenvalue weighted by molar-refractivity contribution is -0.142. The Balaban J connectivity index is 2.20. The van der Waals surface area contributed by atoms with E-state index in [0.29, 0.717) is 11.3 Å². The smallest absolute Gasteiger partial charge is 0.308 e. The van der Waals surface area contributed by atoms with Crippen LogP contribution in [0.15, 0.2) is 24.3 Å². The summed E-state index contributed by atoms with van der Waals surface area (Å²) in [4.78, 5) is 36.7. The summed E-state index contributed by atoms with van der Waals surface area (Å²) in [5, 5.41) is 13.6. The molecule has 108 valence electrons. The Hall–Kier alpha value is -2.88. The first-order chi connectivity index (χ1) is 9.84. The van der Waals surface area contributed by atoms with Crippen molar-refractivity contribution < 1.29 is 14.4 Å². The molecule has 1 aromatic carbocycles. The predicted molar refractivity (Wildman–Crippen MR) is 74.1 cm³/mol. The lowest BCUT2D eigenvalue weighted by Gasteiger charge is -2.39. The molecule has 0 aromatic heterocycles. The number of carbonyl (C=O) groups excluding carboxylic acids is 3. The van der Waals surface area contributed by atoms with E-state index in [2.05, 4.69) is 10.6 Å². The van der Waals surface area contributed by atoms with E-state index in [0.717, 1.165) is 4.90 Å². The highest BCUT2D eigenvalue weighted by molar-refractivity contribution is 6.07. The first kappa shape index (κ1) is 14.5. The van der Waals surface area contributed by atoms with Crippen molar-refractivity contribution in [1.82, 2.24) is 10.2 Å². The first-order valence-corrected chi connectivity index (χ1v) is 6.27. The number of nitriles is 1. The lowest BCUT2D eigenvalue weighted by atomic mass is 9.99. The molecule has 1 aliphatic heterocycles. The highest BCUT2D eigenvalue weighted by atomic mass is 16.2. The quantitative estimate of drug-likeness (QED) is 0.746. The molecule has 1 heterocycles. The number of hydrogen-bond acceptors (Lipinski definition) is 4. The number of urea groups is 1. The number of nitrogens with zero attached hydrogens (tertiary/aromatic N) is 2. The molecule has 0 spiro atoms. The Morgan fingerprint density at radius 3 is 2.81 bits per heavy atom. The van der Waals surface area contributed by atoms with Crippen molar-refractivity contribution in [3.05, 3.63) is 29.8 Å². The monoisotopic (exact) mass is 286 g/mol. The van der Waals surface area contributed by atoms with E-state index in [1.165, 1.54) is 6.07 Å². The van der Waals surface area contributed by atoms with Crippen LogP contribution in [0.5, 0.6) is 0 Å². The molecule has 1 aliphatic rings. The molecule has 4 amide bonds. The SMILES string of the molecule is CC1(C)C(=O)NC(=O)CN1C(=O)Nc1cccc(C#N)c1. The van der Waals surface area contributed by atoms with Crippen LogP contribution in [0.2, 0.25) is 0 Å². The molecule has 7 heteroatoms. The van der Waals surface area contributed by atoms with Gasteiger partial charge in [-0.05, 0) is 32.0 Å². The van der Waals surface area contributed by atoms with Crippen molar-refractivity contribution >= 4 is 23.5 Å². The topological polar surface area (TPSA) is 102 Å². The van der Waals surface area contributed by atoms with Crippen molar-refractivity contribution in [1.29, 1.82) is 5.26 Å². The van der Waals surface area contributed by atoms with Gasteiger partial charge in [0.05, 0.1) is 11.6 Å². The number of nitrogens with one attached hydrogen (secondary N) is 2. The molecule has 0 unspecified atom stereocenters. The van der Waals surface area contributed by atoms with Gasteiger partial charge in [-0.1, -0.05) is 6.07 Å². The Morgan fingerprint density at radius 1 is 1.43 bits per heavy atom. The summed E-state index contributed by atoms with van der Waals surface area (Å²) in [6, 6.07) is 7.77. The Bertz CT molecular complexity index is 660. The van der Waals surface area contributed by atoms with Crippen molar-refractivity contribution in [2.75, 3.05) is 11.9 Å². The number of rotatable bonds is 1. The van der Waals surface area contributed by atoms with Gasteiger partial charge < -0.3 is 10.2 Å². The average molecular weight is 286 g/mol. The molecule has 0 bridgehead atoms. The zero-order valence-electron chi connectivity index (χ0n) is 11.6. The molecule has 2 N–H and O–H groups in total. The molecule has 0 aliphatic carbocycles. The van der Waals surface area contributed by atoms with Crippen LogP contribution in [-0.4, -0.2) is 34.8 Å². The second-order valence-corrected chi connectivity index (χ2v) is 5.15. The van der Waals surface area contributed by atoms with Crippen molar-refractivity contribution in [3.8, 4) is 6.07 Å². The van der Waals surface area contributed by atoms with Crippen LogP contribution in [-0.2, 0) is 9.59 Å². The van der Waals surface area contributed by atoms with Crippen LogP contribution < -0.4 is 10.6 Å². The molecule has 0 atom stereocenters. The van der Waals surface area contributed by atoms with Gasteiger partial charge in [0.15, 0.2) is 0 Å². The summed E-state index contributed by atoms with van der Waals surface area (Å²) in [5.41, 5.74) is -0.307. The molecule has 1 aromatic rings. The van der Waals surface area contributed by atoms with Gasteiger partial charge in [0.2, 0.25) is 5.91 Å². The Labute approximate surface area is 121 Å². The highest BCUT2D eigenvalue weighted by Crippen LogP contribution is 2.20. The van der Waals surface area contributed by atoms with Crippen LogP contribution in [0.1, 0.15) is 19.4 Å². The van der Waals surface area contributed by atoms with E-state index in [4.69, 9.17) is 5.26 Å². The lowest BCUT2D eigenvalue weighted by Crippen LogP contribution is -2.66. The van der Waals surface area contributed by atoms with Crippen LogP contribution in [0.4, 0.5) is 10.5 Å². The van der Waals surface area contributed by atoms with Gasteiger partial charge in [-0.15, -0.1) is 0 Å². The minimum atomic E-state index is -1.13. The summed E-state index contributed by atoms with van der Waals surface area (Å²) < 4.78 is 0. The standard InChI is InChI=1S/C14H14N4O3/c1-14(2)12(20)17-11(19)8-18(14)13(21)16-10-5-3-4-9(6-10)7-15/h3-6H,8H2,1-2H3,(H,16,21)(H,17,19,20). The summed E-state index contributed by atoms with van der Waals surface area (Å²) in [6.45, 7) is 2.91. The average Bonchev–Trinajstić information content (AvgIpc) is 2.43. The second-order valence-electron chi connectivity index (χ2n) is 5.15. The van der Waals surface area contributed by atoms with Gasteiger partial charge in [0.25, 0.3) is 5.91 Å². The van der Waals surface area contributed by atoms with E-state index in [-0.39, 0.29) is 6.54 Å². The number of amides is 4. The molecular weight excluding hydrogens is 272 g/mol. The Kier molecular flexibility index (Phi) is 3.63. The molecule has 7 nitrogen and oxygen atoms in total. The third-order valence-corrected chi connectivity index (χ3v) is 3.27. The number of piperazine rings is 1. The predicted octanol–water partition coefficient (Wildman–Crippen LogP) is 0.827. The van der Waals surface area contributed by atoms with Crippen LogP contribution in [0, 0.1) is 11.3 Å². The second kappa shape index (κ2) is 5.25. The maximum Gasteiger partial charge on any atom is 0.323 e. The van der Waals surface area contributed by atoms with E-state index < -0.39 is 23.4 Å². The van der Waals surface area contributed by atoms with Gasteiger partial charge in [-0.3, -0.25) is 14.9 Å². The zero-order chi connectivity index (χ0) is 15.6. The summed E-state index contributed by atoms with van der Waals surface area (Å²) in [7, 11) is 0. The van der Waals surface area contributed by atoms with Gasteiger partial charge in [0, 0.05) is 5.69 Å². The maximum absolute atomic E-state index is 12.3. The largest absolute Gasteiger partial charge is 0.323 e.